The summed E-state index contributed by atoms with van der Waals surface area (Å²) in [5, 5.41) is 0. The average Bonchev–Trinajstić information content (AvgIpc) is 2.61. The topological polar surface area (TPSA) is 65.7 Å². The Morgan fingerprint density at radius 3 is 2.38 bits per heavy atom. The van der Waals surface area contributed by atoms with E-state index in [-0.39, 0.29) is 30.3 Å². The number of furan rings is 1. The van der Waals surface area contributed by atoms with Crippen LogP contribution in [0.25, 0.3) is 0 Å². The number of hydrogen-bond acceptors (Lipinski definition) is 5. The highest BCUT2D eigenvalue weighted by atomic mass is 16.5. The van der Waals surface area contributed by atoms with Gasteiger partial charge in [-0.3, -0.25) is 0 Å². The van der Waals surface area contributed by atoms with E-state index in [2.05, 4.69) is 6.92 Å². The first-order valence-corrected chi connectivity index (χ1v) is 4.90. The lowest BCUT2D eigenvalue weighted by Crippen LogP contribution is -2.05. The average molecular weight is 225 g/mol. The molecule has 16 heavy (non-hydrogen) atoms. The van der Waals surface area contributed by atoms with Gasteiger partial charge in [-0.2, -0.15) is 0 Å². The fourth-order valence-electron chi connectivity index (χ4n) is 1.11. The Labute approximate surface area is 93.3 Å². The minimum absolute atomic E-state index is 0.0464. The molecule has 0 bridgehead atoms. The molecule has 0 aliphatic rings. The van der Waals surface area contributed by atoms with E-state index in [1.54, 1.807) is 13.8 Å². The maximum absolute atomic E-state index is 11.4. The molecule has 0 saturated carbocycles. The second-order valence-electron chi connectivity index (χ2n) is 2.89. The molecule has 1 aromatic rings. The summed E-state index contributed by atoms with van der Waals surface area (Å²) in [6, 6.07) is 1.28. The largest absolute Gasteiger partial charge is 0.462 e. The van der Waals surface area contributed by atoms with E-state index in [1.165, 1.54) is 6.07 Å². The van der Waals surface area contributed by atoms with Crippen LogP contribution >= 0.6 is 0 Å². The van der Waals surface area contributed by atoms with E-state index in [0.29, 0.717) is 0 Å². The molecule has 5 nitrogen and oxygen atoms in total. The molecule has 0 unspecified atom stereocenters. The molecule has 87 valence electrons. The second kappa shape index (κ2) is 5.34. The first-order chi connectivity index (χ1) is 7.60. The molecule has 0 spiro atoms. The second-order valence-corrected chi connectivity index (χ2v) is 2.89. The summed E-state index contributed by atoms with van der Waals surface area (Å²) in [6.07, 6.45) is 0. The van der Waals surface area contributed by atoms with E-state index in [0.717, 1.165) is 0 Å². The third kappa shape index (κ3) is 2.62. The van der Waals surface area contributed by atoms with Crippen molar-refractivity contribution in [2.45, 2.75) is 13.8 Å². The summed E-state index contributed by atoms with van der Waals surface area (Å²) in [6.45, 7) is 7.36. The monoisotopic (exact) mass is 225 g/mol. The van der Waals surface area contributed by atoms with Gasteiger partial charge in [-0.15, -0.1) is 0 Å². The molecule has 0 aliphatic heterocycles. The van der Waals surface area contributed by atoms with Gasteiger partial charge in [-0.25, -0.2) is 9.59 Å². The van der Waals surface area contributed by atoms with Crippen molar-refractivity contribution in [3.8, 4) is 0 Å². The van der Waals surface area contributed by atoms with Crippen molar-refractivity contribution < 1.29 is 23.5 Å². The Bertz CT molecular complexity index is 391. The van der Waals surface area contributed by atoms with Gasteiger partial charge in [0.05, 0.1) is 13.2 Å². The summed E-state index contributed by atoms with van der Waals surface area (Å²) in [7, 11) is 0. The lowest BCUT2D eigenvalue weighted by molar-refractivity contribution is 0.0486. The van der Waals surface area contributed by atoms with Gasteiger partial charge < -0.3 is 13.9 Å². The third-order valence-electron chi connectivity index (χ3n) is 1.78. The number of esters is 2. The van der Waals surface area contributed by atoms with E-state index < -0.39 is 11.9 Å². The fourth-order valence-corrected chi connectivity index (χ4v) is 1.11. The molecule has 1 heterocycles. The summed E-state index contributed by atoms with van der Waals surface area (Å²) in [4.78, 5) is 22.7. The van der Waals surface area contributed by atoms with Crippen LogP contribution in [0.4, 0.5) is 0 Å². The smallest absolute Gasteiger partial charge is 0.374 e. The van der Waals surface area contributed by atoms with Gasteiger partial charge in [-0.05, 0) is 13.8 Å². The van der Waals surface area contributed by atoms with Crippen molar-refractivity contribution >= 4 is 11.9 Å². The molecule has 0 amide bonds. The molecule has 0 aliphatic carbocycles. The predicted molar refractivity (Wildman–Crippen MR) is 55.1 cm³/mol. The van der Waals surface area contributed by atoms with Crippen molar-refractivity contribution in [3.63, 3.8) is 0 Å². The van der Waals surface area contributed by atoms with Gasteiger partial charge in [0.2, 0.25) is 5.76 Å². The Morgan fingerprint density at radius 1 is 1.25 bits per heavy atom. The Morgan fingerprint density at radius 2 is 1.81 bits per heavy atom. The zero-order valence-corrected chi connectivity index (χ0v) is 9.24. The SMILES string of the molecule is [CH2]c1oc(C(=O)OCC)cc1C(=O)OCC. The number of rotatable bonds is 4. The molecule has 0 saturated heterocycles. The maximum Gasteiger partial charge on any atom is 0.374 e. The van der Waals surface area contributed by atoms with E-state index in [9.17, 15) is 9.59 Å². The van der Waals surface area contributed by atoms with Crippen molar-refractivity contribution in [2.24, 2.45) is 0 Å². The third-order valence-corrected chi connectivity index (χ3v) is 1.78. The van der Waals surface area contributed by atoms with E-state index in [1.807, 2.05) is 0 Å². The summed E-state index contributed by atoms with van der Waals surface area (Å²) in [5.41, 5.74) is 0.143. The first kappa shape index (κ1) is 12.3. The minimum Gasteiger partial charge on any atom is -0.462 e. The summed E-state index contributed by atoms with van der Waals surface area (Å²) < 4.78 is 14.5. The van der Waals surface area contributed by atoms with Gasteiger partial charge >= 0.3 is 11.9 Å². The van der Waals surface area contributed by atoms with Crippen molar-refractivity contribution in [1.29, 1.82) is 0 Å². The quantitative estimate of drug-likeness (QED) is 0.731. The highest BCUT2D eigenvalue weighted by molar-refractivity contribution is 5.95. The van der Waals surface area contributed by atoms with Crippen LogP contribution < -0.4 is 0 Å². The molecular weight excluding hydrogens is 212 g/mol. The van der Waals surface area contributed by atoms with Crippen LogP contribution in [0.3, 0.4) is 0 Å². The van der Waals surface area contributed by atoms with Gasteiger partial charge in [0, 0.05) is 13.0 Å². The highest BCUT2D eigenvalue weighted by Gasteiger charge is 2.20. The predicted octanol–water partition coefficient (Wildman–Crippen LogP) is 1.82. The molecule has 0 fully saturated rings. The Kier molecular flexibility index (Phi) is 4.10. The molecule has 1 radical (unpaired) electrons. The normalized spacial score (nSPS) is 9.94. The van der Waals surface area contributed by atoms with Crippen molar-refractivity contribution in [2.75, 3.05) is 13.2 Å². The van der Waals surface area contributed by atoms with Gasteiger partial charge in [0.25, 0.3) is 0 Å². The molecule has 1 aromatic heterocycles. The lowest BCUT2D eigenvalue weighted by atomic mass is 10.2. The van der Waals surface area contributed by atoms with Gasteiger partial charge in [0.1, 0.15) is 11.3 Å². The molecular formula is C11H13O5. The highest BCUT2D eigenvalue weighted by Crippen LogP contribution is 2.16. The number of carbonyl (C=O) groups is 2. The van der Waals surface area contributed by atoms with Crippen LogP contribution in [0.1, 0.15) is 40.5 Å². The molecule has 5 heteroatoms. The molecule has 0 aromatic carbocycles. The van der Waals surface area contributed by atoms with Crippen LogP contribution in [-0.2, 0) is 9.47 Å². The van der Waals surface area contributed by atoms with E-state index >= 15 is 0 Å². The minimum atomic E-state index is -0.622. The lowest BCUT2D eigenvalue weighted by Gasteiger charge is -1.97. The van der Waals surface area contributed by atoms with Crippen LogP contribution in [0.2, 0.25) is 0 Å². The van der Waals surface area contributed by atoms with Crippen LogP contribution in [-0.4, -0.2) is 25.2 Å². The van der Waals surface area contributed by atoms with Gasteiger partial charge in [0.15, 0.2) is 0 Å². The Hall–Kier alpha value is -1.78. The molecule has 0 atom stereocenters. The first-order valence-electron chi connectivity index (χ1n) is 4.90. The van der Waals surface area contributed by atoms with E-state index in [4.69, 9.17) is 13.9 Å². The molecule has 1 rings (SSSR count). The zero-order valence-electron chi connectivity index (χ0n) is 9.24. The summed E-state index contributed by atoms with van der Waals surface area (Å²) in [5.74, 6) is -1.13. The number of ether oxygens (including phenoxy) is 2. The van der Waals surface area contributed by atoms with Gasteiger partial charge in [-0.1, -0.05) is 0 Å². The zero-order chi connectivity index (χ0) is 12.1. The maximum atomic E-state index is 11.4. The standard InChI is InChI=1S/C11H13O5/c1-4-14-10(12)8-6-9(16-7(8)3)11(13)15-5-2/h6H,3-5H2,1-2H3. The number of carbonyl (C=O) groups excluding carboxylic acids is 2. The van der Waals surface area contributed by atoms with Crippen molar-refractivity contribution in [3.05, 3.63) is 30.1 Å². The van der Waals surface area contributed by atoms with Crippen molar-refractivity contribution in [1.82, 2.24) is 0 Å². The van der Waals surface area contributed by atoms with Crippen LogP contribution in [0, 0.1) is 6.92 Å². The van der Waals surface area contributed by atoms with Crippen LogP contribution in [0.5, 0.6) is 0 Å². The van der Waals surface area contributed by atoms with Crippen LogP contribution in [0.15, 0.2) is 10.5 Å². The number of hydrogen-bond donors (Lipinski definition) is 0. The Balaban J connectivity index is 2.89. The summed E-state index contributed by atoms with van der Waals surface area (Å²) >= 11 is 0. The molecule has 0 N–H and O–H groups in total. The fraction of sp³-hybridized carbons (Fsp3) is 0.364.